The summed E-state index contributed by atoms with van der Waals surface area (Å²) in [5, 5.41) is 2.70. The van der Waals surface area contributed by atoms with Gasteiger partial charge < -0.3 is 15.0 Å². The summed E-state index contributed by atoms with van der Waals surface area (Å²) < 4.78 is 60.8. The van der Waals surface area contributed by atoms with Gasteiger partial charge in [-0.05, 0) is 56.6 Å². The molecular weight excluding hydrogens is 474 g/mol. The third-order valence-corrected chi connectivity index (χ3v) is 6.97. The van der Waals surface area contributed by atoms with E-state index < -0.39 is 29.2 Å². The molecule has 1 aliphatic rings. The Morgan fingerprint density at radius 3 is 2.53 bits per heavy atom. The number of benzene rings is 1. The zero-order valence-electron chi connectivity index (χ0n) is 19.3. The molecule has 34 heavy (non-hydrogen) atoms. The number of hydrogen-bond donors (Lipinski definition) is 1. The summed E-state index contributed by atoms with van der Waals surface area (Å²) in [6.45, 7) is 0.161. The van der Waals surface area contributed by atoms with Crippen LogP contribution in [-0.4, -0.2) is 55.8 Å². The summed E-state index contributed by atoms with van der Waals surface area (Å²) in [5.41, 5.74) is -0.963. The van der Waals surface area contributed by atoms with E-state index in [1.165, 1.54) is 25.6 Å². The largest absolute Gasteiger partial charge is 0.494 e. The first-order valence-corrected chi connectivity index (χ1v) is 11.3. The van der Waals surface area contributed by atoms with Crippen molar-refractivity contribution < 1.29 is 27.1 Å². The molecule has 2 atom stereocenters. The molecule has 0 spiro atoms. The Hall–Kier alpha value is -2.39. The van der Waals surface area contributed by atoms with E-state index in [1.807, 2.05) is 4.90 Å². The lowest BCUT2D eigenvalue weighted by atomic mass is 9.80. The van der Waals surface area contributed by atoms with E-state index >= 15 is 0 Å². The number of nitrogens with one attached hydrogen (secondary N) is 1. The number of nitrogens with zero attached hydrogens (tertiary/aromatic N) is 2. The zero-order chi connectivity index (χ0) is 25.1. The van der Waals surface area contributed by atoms with Gasteiger partial charge in [-0.15, -0.1) is 0 Å². The molecule has 1 aromatic carbocycles. The van der Waals surface area contributed by atoms with Crippen LogP contribution in [-0.2, 0) is 11.2 Å². The summed E-state index contributed by atoms with van der Waals surface area (Å²) >= 11 is 6.15. The number of halogens is 5. The van der Waals surface area contributed by atoms with Crippen LogP contribution in [0.2, 0.25) is 5.02 Å². The van der Waals surface area contributed by atoms with Crippen molar-refractivity contribution in [1.82, 2.24) is 15.2 Å². The number of carbonyl (C=O) groups is 1. The van der Waals surface area contributed by atoms with Crippen molar-refractivity contribution in [3.05, 3.63) is 58.6 Å². The van der Waals surface area contributed by atoms with Crippen molar-refractivity contribution in [2.75, 3.05) is 27.7 Å². The van der Waals surface area contributed by atoms with Crippen molar-refractivity contribution in [2.45, 2.75) is 43.8 Å². The van der Waals surface area contributed by atoms with Crippen LogP contribution in [0.4, 0.5) is 17.6 Å². The predicted octanol–water partition coefficient (Wildman–Crippen LogP) is 4.99. The Bertz CT molecular complexity index is 998. The van der Waals surface area contributed by atoms with Crippen molar-refractivity contribution >= 4 is 17.5 Å². The van der Waals surface area contributed by atoms with Gasteiger partial charge in [0.1, 0.15) is 0 Å². The fourth-order valence-electron chi connectivity index (χ4n) is 4.25. The standard InChI is InChI=1S/C24H28ClF4N3O2/c1-32(2)17(11-15-6-7-19(34-3)22(26)21(15)25)14-31-20(33)12-18(16-5-4-10-30-13-16)23(8-9-23)24(27,28)29/h4-7,10,13,17-18H,8-9,11-12,14H2,1-3H3,(H,31,33)/t17-,18-/m0/s1. The van der Waals surface area contributed by atoms with E-state index in [0.717, 1.165) is 0 Å². The number of ether oxygens (including phenoxy) is 1. The van der Waals surface area contributed by atoms with Crippen LogP contribution in [0, 0.1) is 11.2 Å². The average molecular weight is 502 g/mol. The van der Waals surface area contributed by atoms with Gasteiger partial charge in [-0.25, -0.2) is 4.39 Å². The number of carbonyl (C=O) groups excluding carboxylic acids is 1. The number of alkyl halides is 3. The fourth-order valence-corrected chi connectivity index (χ4v) is 4.48. The van der Waals surface area contributed by atoms with Gasteiger partial charge in [0.25, 0.3) is 0 Å². The van der Waals surface area contributed by atoms with Gasteiger partial charge in [-0.2, -0.15) is 13.2 Å². The molecule has 1 fully saturated rings. The summed E-state index contributed by atoms with van der Waals surface area (Å²) in [4.78, 5) is 18.6. The number of amides is 1. The Kier molecular flexibility index (Phi) is 8.08. The van der Waals surface area contributed by atoms with E-state index in [1.54, 1.807) is 32.3 Å². The van der Waals surface area contributed by atoms with Gasteiger partial charge in [-0.1, -0.05) is 23.7 Å². The molecule has 1 N–H and O–H groups in total. The Labute approximate surface area is 201 Å². The second kappa shape index (κ2) is 10.5. The molecular formula is C24H28ClF4N3O2. The van der Waals surface area contributed by atoms with Gasteiger partial charge in [-0.3, -0.25) is 9.78 Å². The molecule has 1 aliphatic carbocycles. The molecule has 1 amide bonds. The van der Waals surface area contributed by atoms with Gasteiger partial charge in [0, 0.05) is 37.3 Å². The molecule has 5 nitrogen and oxygen atoms in total. The second-order valence-electron chi connectivity index (χ2n) is 8.88. The van der Waals surface area contributed by atoms with Gasteiger partial charge in [0.15, 0.2) is 11.6 Å². The number of aromatic nitrogens is 1. The van der Waals surface area contributed by atoms with E-state index in [9.17, 15) is 22.4 Å². The lowest BCUT2D eigenvalue weighted by Crippen LogP contribution is -2.42. The summed E-state index contributed by atoms with van der Waals surface area (Å²) in [7, 11) is 4.94. The Morgan fingerprint density at radius 1 is 1.29 bits per heavy atom. The first kappa shape index (κ1) is 26.2. The number of rotatable bonds is 10. The molecule has 0 bridgehead atoms. The lowest BCUT2D eigenvalue weighted by molar-refractivity contribution is -0.194. The average Bonchev–Trinajstić information content (AvgIpc) is 3.60. The number of likely N-dealkylation sites (N-methyl/N-ethyl adjacent to an activating group) is 1. The summed E-state index contributed by atoms with van der Waals surface area (Å²) in [6, 6.07) is 6.03. The third kappa shape index (κ3) is 5.63. The van der Waals surface area contributed by atoms with E-state index in [0.29, 0.717) is 17.5 Å². The zero-order valence-corrected chi connectivity index (χ0v) is 20.0. The molecule has 0 radical (unpaired) electrons. The number of methoxy groups -OCH3 is 1. The highest BCUT2D eigenvalue weighted by atomic mass is 35.5. The van der Waals surface area contributed by atoms with Crippen LogP contribution < -0.4 is 10.1 Å². The van der Waals surface area contributed by atoms with Crippen molar-refractivity contribution in [2.24, 2.45) is 5.41 Å². The van der Waals surface area contributed by atoms with Gasteiger partial charge >= 0.3 is 6.18 Å². The van der Waals surface area contributed by atoms with Crippen molar-refractivity contribution in [3.63, 3.8) is 0 Å². The molecule has 1 saturated carbocycles. The monoisotopic (exact) mass is 501 g/mol. The van der Waals surface area contributed by atoms with E-state index in [2.05, 4.69) is 10.3 Å². The number of pyridine rings is 1. The van der Waals surface area contributed by atoms with Crippen LogP contribution in [0.25, 0.3) is 0 Å². The molecule has 0 aliphatic heterocycles. The molecule has 0 saturated heterocycles. The predicted molar refractivity (Wildman–Crippen MR) is 121 cm³/mol. The van der Waals surface area contributed by atoms with Crippen LogP contribution in [0.1, 0.15) is 36.3 Å². The highest BCUT2D eigenvalue weighted by Gasteiger charge is 2.67. The first-order valence-electron chi connectivity index (χ1n) is 10.9. The Balaban J connectivity index is 1.70. The lowest BCUT2D eigenvalue weighted by Gasteiger charge is -2.30. The van der Waals surface area contributed by atoms with E-state index in [4.69, 9.17) is 16.3 Å². The van der Waals surface area contributed by atoms with Gasteiger partial charge in [0.2, 0.25) is 5.91 Å². The highest BCUT2D eigenvalue weighted by molar-refractivity contribution is 6.31. The van der Waals surface area contributed by atoms with E-state index in [-0.39, 0.29) is 42.6 Å². The molecule has 1 heterocycles. The van der Waals surface area contributed by atoms with Gasteiger partial charge in [0.05, 0.1) is 17.5 Å². The molecule has 0 unspecified atom stereocenters. The second-order valence-corrected chi connectivity index (χ2v) is 9.26. The Morgan fingerprint density at radius 2 is 2.00 bits per heavy atom. The molecule has 186 valence electrons. The minimum atomic E-state index is -4.41. The summed E-state index contributed by atoms with van der Waals surface area (Å²) in [5.74, 6) is -2.12. The van der Waals surface area contributed by atoms with Crippen LogP contribution in [0.3, 0.4) is 0 Å². The molecule has 1 aromatic heterocycles. The van der Waals surface area contributed by atoms with Crippen LogP contribution >= 0.6 is 11.6 Å². The maximum absolute atomic E-state index is 14.3. The smallest absolute Gasteiger partial charge is 0.395 e. The highest BCUT2D eigenvalue weighted by Crippen LogP contribution is 2.66. The van der Waals surface area contributed by atoms with Crippen LogP contribution in [0.5, 0.6) is 5.75 Å². The maximum Gasteiger partial charge on any atom is 0.395 e. The SMILES string of the molecule is COc1ccc(C[C@@H](CNC(=O)C[C@@H](c2cccnc2)C2(C(F)(F)F)CC2)N(C)C)c(Cl)c1F. The summed E-state index contributed by atoms with van der Waals surface area (Å²) in [6.07, 6.45) is -1.52. The normalized spacial score (nSPS) is 16.7. The number of hydrogen-bond acceptors (Lipinski definition) is 4. The van der Waals surface area contributed by atoms with Crippen molar-refractivity contribution in [1.29, 1.82) is 0 Å². The minimum absolute atomic E-state index is 0.00873. The third-order valence-electron chi connectivity index (χ3n) is 6.56. The molecule has 2 aromatic rings. The van der Waals surface area contributed by atoms with Crippen LogP contribution in [0.15, 0.2) is 36.7 Å². The first-order chi connectivity index (χ1) is 16.0. The minimum Gasteiger partial charge on any atom is -0.494 e. The fraction of sp³-hybridized carbons (Fsp3) is 0.500. The van der Waals surface area contributed by atoms with Crippen molar-refractivity contribution in [3.8, 4) is 5.75 Å². The maximum atomic E-state index is 14.3. The molecule has 10 heteroatoms. The quantitative estimate of drug-likeness (QED) is 0.466. The molecule has 3 rings (SSSR count). The topological polar surface area (TPSA) is 54.5 Å².